The molecule has 114 valence electrons. The quantitative estimate of drug-likeness (QED) is 0.741. The predicted molar refractivity (Wildman–Crippen MR) is 83.4 cm³/mol. The molecule has 0 unspecified atom stereocenters. The van der Waals surface area contributed by atoms with Crippen LogP contribution in [0.15, 0.2) is 41.6 Å². The van der Waals surface area contributed by atoms with E-state index < -0.39 is 9.84 Å². The number of benzene rings is 1. The van der Waals surface area contributed by atoms with Crippen LogP contribution in [-0.2, 0) is 9.84 Å². The molecule has 0 N–H and O–H groups in total. The average molecular weight is 316 g/mol. The summed E-state index contributed by atoms with van der Waals surface area (Å²) in [6, 6.07) is 8.75. The zero-order chi connectivity index (χ0) is 15.9. The molecule has 0 saturated carbocycles. The zero-order valence-corrected chi connectivity index (χ0v) is 13.4. The van der Waals surface area contributed by atoms with Crippen LogP contribution >= 0.6 is 0 Å². The Morgan fingerprint density at radius 2 is 1.82 bits per heavy atom. The Kier molecular flexibility index (Phi) is 3.44. The van der Waals surface area contributed by atoms with Crippen molar-refractivity contribution in [3.8, 4) is 11.1 Å². The van der Waals surface area contributed by atoms with Gasteiger partial charge in [0.25, 0.3) is 0 Å². The van der Waals surface area contributed by atoms with Crippen LogP contribution in [0.4, 0.5) is 0 Å². The van der Waals surface area contributed by atoms with E-state index >= 15 is 0 Å². The van der Waals surface area contributed by atoms with E-state index in [0.29, 0.717) is 10.5 Å². The molecule has 2 heterocycles. The minimum absolute atomic E-state index is 0.265. The first-order valence-corrected chi connectivity index (χ1v) is 8.77. The summed E-state index contributed by atoms with van der Waals surface area (Å²) >= 11 is 0. The molecular weight excluding hydrogens is 300 g/mol. The van der Waals surface area contributed by atoms with Crippen molar-refractivity contribution in [2.45, 2.75) is 24.7 Å². The highest BCUT2D eigenvalue weighted by Gasteiger charge is 2.13. The summed E-state index contributed by atoms with van der Waals surface area (Å²) < 4.78 is 24.8. The third-order valence-corrected chi connectivity index (χ3v) is 4.60. The molecule has 0 aliphatic rings. The molecule has 0 bridgehead atoms. The van der Waals surface area contributed by atoms with Gasteiger partial charge < -0.3 is 0 Å². The van der Waals surface area contributed by atoms with Gasteiger partial charge in [0.1, 0.15) is 6.33 Å². The van der Waals surface area contributed by atoms with Gasteiger partial charge in [0.05, 0.1) is 10.6 Å². The number of aromatic nitrogens is 4. The third kappa shape index (κ3) is 2.59. The highest BCUT2D eigenvalue weighted by molar-refractivity contribution is 7.90. The predicted octanol–water partition coefficient (Wildman–Crippen LogP) is 2.32. The van der Waals surface area contributed by atoms with E-state index in [0.717, 1.165) is 16.8 Å². The molecule has 0 fully saturated rings. The second kappa shape index (κ2) is 5.17. The molecule has 3 aromatic rings. The summed E-state index contributed by atoms with van der Waals surface area (Å²) in [5.74, 6) is 0.265. The molecule has 0 aliphatic heterocycles. The molecule has 0 amide bonds. The van der Waals surface area contributed by atoms with E-state index in [1.54, 1.807) is 35.1 Å². The third-order valence-electron chi connectivity index (χ3n) is 3.47. The number of fused-ring (bicyclic) bond motifs is 1. The van der Waals surface area contributed by atoms with Gasteiger partial charge in [0, 0.05) is 11.8 Å². The number of hydrogen-bond acceptors (Lipinski definition) is 5. The minimum atomic E-state index is -3.20. The topological polar surface area (TPSA) is 77.2 Å². The molecular formula is C15H16N4O2S. The van der Waals surface area contributed by atoms with Gasteiger partial charge in [-0.05, 0) is 29.7 Å². The molecule has 2 aromatic heterocycles. The minimum Gasteiger partial charge on any atom is -0.224 e. The Balaban J connectivity index is 2.19. The molecule has 0 saturated heterocycles. The molecule has 0 aliphatic carbocycles. The van der Waals surface area contributed by atoms with Crippen LogP contribution in [0, 0.1) is 0 Å². The van der Waals surface area contributed by atoms with E-state index in [-0.39, 0.29) is 5.92 Å². The maximum absolute atomic E-state index is 11.6. The fraction of sp³-hybridized carbons (Fsp3) is 0.267. The van der Waals surface area contributed by atoms with E-state index in [1.807, 2.05) is 6.07 Å². The van der Waals surface area contributed by atoms with Crippen LogP contribution in [0.3, 0.4) is 0 Å². The van der Waals surface area contributed by atoms with Crippen molar-refractivity contribution in [3.63, 3.8) is 0 Å². The molecule has 22 heavy (non-hydrogen) atoms. The first-order valence-electron chi connectivity index (χ1n) is 6.88. The van der Waals surface area contributed by atoms with Crippen LogP contribution in [0.2, 0.25) is 0 Å². The summed E-state index contributed by atoms with van der Waals surface area (Å²) in [4.78, 5) is 0.298. The lowest BCUT2D eigenvalue weighted by atomic mass is 10.0. The van der Waals surface area contributed by atoms with Gasteiger partial charge in [-0.25, -0.2) is 8.42 Å². The normalized spacial score (nSPS) is 12.2. The average Bonchev–Trinajstić information content (AvgIpc) is 2.93. The van der Waals surface area contributed by atoms with Gasteiger partial charge in [0.2, 0.25) is 0 Å². The van der Waals surface area contributed by atoms with Crippen molar-refractivity contribution in [2.75, 3.05) is 6.26 Å². The molecule has 0 atom stereocenters. The highest BCUT2D eigenvalue weighted by Crippen LogP contribution is 2.27. The summed E-state index contributed by atoms with van der Waals surface area (Å²) in [5.41, 5.74) is 3.34. The molecule has 0 spiro atoms. The summed E-state index contributed by atoms with van der Waals surface area (Å²) in [6.45, 7) is 4.13. The zero-order valence-electron chi connectivity index (χ0n) is 12.6. The van der Waals surface area contributed by atoms with Gasteiger partial charge in [0.15, 0.2) is 15.5 Å². The SMILES string of the molecule is CC(C)c1cc(-c2ccc(S(C)(=O)=O)cc2)c2nncn2n1. The molecule has 6 nitrogen and oxygen atoms in total. The van der Waals surface area contributed by atoms with Crippen molar-refractivity contribution >= 4 is 15.5 Å². The van der Waals surface area contributed by atoms with Crippen LogP contribution < -0.4 is 0 Å². The lowest BCUT2D eigenvalue weighted by molar-refractivity contribution is 0.602. The van der Waals surface area contributed by atoms with Crippen molar-refractivity contribution in [2.24, 2.45) is 0 Å². The Hall–Kier alpha value is -2.28. The molecule has 1 aromatic carbocycles. The number of sulfone groups is 1. The standard InChI is InChI=1S/C15H16N4O2S/c1-10(2)14-8-13(15-17-16-9-19(15)18-14)11-4-6-12(7-5-11)22(3,20)21/h4-10H,1-3H3. The fourth-order valence-corrected chi connectivity index (χ4v) is 2.85. The van der Waals surface area contributed by atoms with Crippen LogP contribution in [0.5, 0.6) is 0 Å². The summed E-state index contributed by atoms with van der Waals surface area (Å²) in [6.07, 6.45) is 2.76. The number of rotatable bonds is 3. The van der Waals surface area contributed by atoms with Crippen LogP contribution in [0.25, 0.3) is 16.8 Å². The Bertz CT molecular complexity index is 928. The maximum atomic E-state index is 11.6. The highest BCUT2D eigenvalue weighted by atomic mass is 32.2. The van der Waals surface area contributed by atoms with Crippen LogP contribution in [0.1, 0.15) is 25.5 Å². The van der Waals surface area contributed by atoms with Crippen LogP contribution in [-0.4, -0.2) is 34.5 Å². The lowest BCUT2D eigenvalue weighted by Gasteiger charge is -2.09. The molecule has 7 heteroatoms. The largest absolute Gasteiger partial charge is 0.224 e. The van der Waals surface area contributed by atoms with E-state index in [4.69, 9.17) is 0 Å². The van der Waals surface area contributed by atoms with E-state index in [2.05, 4.69) is 29.1 Å². The van der Waals surface area contributed by atoms with Gasteiger partial charge in [-0.15, -0.1) is 10.2 Å². The Morgan fingerprint density at radius 1 is 1.14 bits per heavy atom. The smallest absolute Gasteiger partial charge is 0.185 e. The molecule has 0 radical (unpaired) electrons. The van der Waals surface area contributed by atoms with Crippen molar-refractivity contribution in [1.82, 2.24) is 19.8 Å². The number of nitrogens with zero attached hydrogens (tertiary/aromatic N) is 4. The fourth-order valence-electron chi connectivity index (χ4n) is 2.22. The van der Waals surface area contributed by atoms with E-state index in [9.17, 15) is 8.42 Å². The Labute approximate surface area is 128 Å². The second-order valence-electron chi connectivity index (χ2n) is 5.53. The van der Waals surface area contributed by atoms with Gasteiger partial charge in [-0.3, -0.25) is 0 Å². The van der Waals surface area contributed by atoms with Gasteiger partial charge >= 0.3 is 0 Å². The van der Waals surface area contributed by atoms with Gasteiger partial charge in [-0.1, -0.05) is 26.0 Å². The maximum Gasteiger partial charge on any atom is 0.185 e. The number of hydrogen-bond donors (Lipinski definition) is 0. The van der Waals surface area contributed by atoms with E-state index in [1.165, 1.54) is 6.26 Å². The second-order valence-corrected chi connectivity index (χ2v) is 7.55. The van der Waals surface area contributed by atoms with Crippen molar-refractivity contribution in [1.29, 1.82) is 0 Å². The lowest BCUT2D eigenvalue weighted by Crippen LogP contribution is -2.01. The summed E-state index contributed by atoms with van der Waals surface area (Å²) in [5, 5.41) is 12.5. The van der Waals surface area contributed by atoms with Crippen molar-refractivity contribution < 1.29 is 8.42 Å². The van der Waals surface area contributed by atoms with Gasteiger partial charge in [-0.2, -0.15) is 9.61 Å². The van der Waals surface area contributed by atoms with Crippen molar-refractivity contribution in [3.05, 3.63) is 42.4 Å². The first-order chi connectivity index (χ1) is 10.4. The monoisotopic (exact) mass is 316 g/mol. The Morgan fingerprint density at radius 3 is 2.41 bits per heavy atom. The summed E-state index contributed by atoms with van der Waals surface area (Å²) in [7, 11) is -3.20. The first kappa shape index (κ1) is 14.6. The molecule has 3 rings (SSSR count).